The van der Waals surface area contributed by atoms with Gasteiger partial charge in [-0.3, -0.25) is 0 Å². The first kappa shape index (κ1) is 34.8. The van der Waals surface area contributed by atoms with E-state index in [1.807, 2.05) is 0 Å². The van der Waals surface area contributed by atoms with Gasteiger partial charge in [-0.1, -0.05) is 194 Å². The van der Waals surface area contributed by atoms with E-state index in [0.29, 0.717) is 0 Å². The van der Waals surface area contributed by atoms with Crippen LogP contribution in [0, 0.1) is 0 Å². The Kier molecular flexibility index (Phi) is 7.59. The van der Waals surface area contributed by atoms with Crippen LogP contribution in [0.15, 0.2) is 237 Å². The summed E-state index contributed by atoms with van der Waals surface area (Å²) < 4.78 is 0. The largest absolute Gasteiger partial charge is 0.310 e. The van der Waals surface area contributed by atoms with Crippen molar-refractivity contribution in [3.63, 3.8) is 0 Å². The second-order valence-electron chi connectivity index (χ2n) is 16.8. The molecule has 13 rings (SSSR count). The van der Waals surface area contributed by atoms with E-state index in [2.05, 4.69) is 241 Å². The summed E-state index contributed by atoms with van der Waals surface area (Å²) in [5.41, 5.74) is 18.3. The van der Waals surface area contributed by atoms with Gasteiger partial charge in [-0.15, -0.1) is 0 Å². The van der Waals surface area contributed by atoms with Gasteiger partial charge < -0.3 is 4.90 Å². The van der Waals surface area contributed by atoms with Crippen LogP contribution in [-0.2, 0) is 5.41 Å². The van der Waals surface area contributed by atoms with Crippen molar-refractivity contribution in [3.05, 3.63) is 259 Å². The van der Waals surface area contributed by atoms with Crippen LogP contribution in [0.1, 0.15) is 22.3 Å². The van der Waals surface area contributed by atoms with E-state index in [9.17, 15) is 0 Å². The third-order valence-electron chi connectivity index (χ3n) is 13.7. The molecular formula is C61H39N. The van der Waals surface area contributed by atoms with Gasteiger partial charge >= 0.3 is 0 Å². The van der Waals surface area contributed by atoms with Crippen molar-refractivity contribution in [2.45, 2.75) is 5.41 Å². The van der Waals surface area contributed by atoms with Gasteiger partial charge in [-0.05, 0) is 142 Å². The standard InChI is InChI=1S/C61H39N/c1-2-14-40(15-3-1)41-26-31-44(32-27-41)62(45-33-28-42(29-34-45)43-30-36-51-49-18-5-4-16-47(49)48-17-6-7-19-50(48)56(51)38-43)46-35-37-55-54-22-10-13-25-59(54)61(60(55)39-46)57-23-11-8-20-52(57)53-21-9-12-24-58(53)61/h1-39H. The highest BCUT2D eigenvalue weighted by molar-refractivity contribution is 6.25. The van der Waals surface area contributed by atoms with Gasteiger partial charge in [0.1, 0.15) is 0 Å². The molecule has 2 aliphatic carbocycles. The zero-order valence-electron chi connectivity index (χ0n) is 34.0. The highest BCUT2D eigenvalue weighted by atomic mass is 15.1. The predicted molar refractivity (Wildman–Crippen MR) is 261 cm³/mol. The maximum absolute atomic E-state index is 2.48. The summed E-state index contributed by atoms with van der Waals surface area (Å²) in [6, 6.07) is 87.7. The Hall–Kier alpha value is -8.00. The first-order valence-electron chi connectivity index (χ1n) is 21.6. The molecule has 288 valence electrons. The van der Waals surface area contributed by atoms with Gasteiger partial charge in [0, 0.05) is 17.1 Å². The van der Waals surface area contributed by atoms with Gasteiger partial charge in [0.15, 0.2) is 0 Å². The van der Waals surface area contributed by atoms with Crippen molar-refractivity contribution in [1.82, 2.24) is 0 Å². The molecule has 0 heterocycles. The molecule has 11 aromatic rings. The van der Waals surface area contributed by atoms with Crippen LogP contribution >= 0.6 is 0 Å². The Morgan fingerprint density at radius 1 is 0.226 bits per heavy atom. The van der Waals surface area contributed by atoms with Crippen LogP contribution in [0.3, 0.4) is 0 Å². The second kappa shape index (κ2) is 13.5. The van der Waals surface area contributed by atoms with Crippen LogP contribution in [0.2, 0.25) is 0 Å². The fourth-order valence-corrected chi connectivity index (χ4v) is 11.0. The van der Waals surface area contributed by atoms with Crippen LogP contribution in [0.5, 0.6) is 0 Å². The summed E-state index contributed by atoms with van der Waals surface area (Å²) in [7, 11) is 0. The lowest BCUT2D eigenvalue weighted by molar-refractivity contribution is 0.793. The van der Waals surface area contributed by atoms with Gasteiger partial charge in [0.25, 0.3) is 0 Å². The minimum atomic E-state index is -0.423. The van der Waals surface area contributed by atoms with E-state index >= 15 is 0 Å². The summed E-state index contributed by atoms with van der Waals surface area (Å²) in [6.07, 6.45) is 0. The molecule has 0 unspecified atom stereocenters. The number of fused-ring (bicyclic) bond motifs is 16. The molecule has 2 aliphatic rings. The van der Waals surface area contributed by atoms with Gasteiger partial charge in [-0.2, -0.15) is 0 Å². The Morgan fingerprint density at radius 3 is 1.13 bits per heavy atom. The second-order valence-corrected chi connectivity index (χ2v) is 16.8. The van der Waals surface area contributed by atoms with Crippen molar-refractivity contribution in [2.75, 3.05) is 4.90 Å². The molecule has 0 atom stereocenters. The van der Waals surface area contributed by atoms with Crippen molar-refractivity contribution >= 4 is 49.4 Å². The molecule has 1 nitrogen and oxygen atoms in total. The quantitative estimate of drug-likeness (QED) is 0.157. The van der Waals surface area contributed by atoms with Gasteiger partial charge in [0.05, 0.1) is 5.41 Å². The average molecular weight is 786 g/mol. The van der Waals surface area contributed by atoms with Crippen molar-refractivity contribution in [3.8, 4) is 44.5 Å². The predicted octanol–water partition coefficient (Wildman–Crippen LogP) is 16.3. The number of anilines is 3. The maximum atomic E-state index is 2.48. The number of rotatable bonds is 5. The molecule has 1 heteroatoms. The molecule has 0 N–H and O–H groups in total. The summed E-state index contributed by atoms with van der Waals surface area (Å²) in [6.45, 7) is 0. The molecule has 0 fully saturated rings. The molecule has 0 radical (unpaired) electrons. The molecule has 0 aliphatic heterocycles. The molecule has 0 saturated heterocycles. The highest BCUT2D eigenvalue weighted by Crippen LogP contribution is 2.63. The SMILES string of the molecule is c1ccc(-c2ccc(N(c3ccc(-c4ccc5c6ccccc6c6ccccc6c5c4)cc3)c3ccc4c(c3)C3(c5ccccc5-c5ccccc53)c3ccccc3-4)cc2)cc1. The molecule has 0 amide bonds. The monoisotopic (exact) mass is 785 g/mol. The lowest BCUT2D eigenvalue weighted by Crippen LogP contribution is -2.26. The van der Waals surface area contributed by atoms with Crippen LogP contribution in [0.4, 0.5) is 17.1 Å². The lowest BCUT2D eigenvalue weighted by atomic mass is 9.70. The van der Waals surface area contributed by atoms with Gasteiger partial charge in [0.2, 0.25) is 0 Å². The number of hydrogen-bond donors (Lipinski definition) is 0. The van der Waals surface area contributed by atoms with Crippen molar-refractivity contribution in [2.24, 2.45) is 0 Å². The first-order chi connectivity index (χ1) is 30.8. The smallest absolute Gasteiger partial charge is 0.0726 e. The molecule has 0 aromatic heterocycles. The Bertz CT molecular complexity index is 3460. The van der Waals surface area contributed by atoms with Crippen LogP contribution in [-0.4, -0.2) is 0 Å². The van der Waals surface area contributed by atoms with E-state index < -0.39 is 5.41 Å². The van der Waals surface area contributed by atoms with Crippen LogP contribution < -0.4 is 4.90 Å². The van der Waals surface area contributed by atoms with E-state index in [1.165, 1.54) is 99.1 Å². The topological polar surface area (TPSA) is 3.24 Å². The Balaban J connectivity index is 0.982. The normalized spacial score (nSPS) is 13.0. The number of hydrogen-bond acceptors (Lipinski definition) is 1. The summed E-state index contributed by atoms with van der Waals surface area (Å²) in [5, 5.41) is 7.74. The van der Waals surface area contributed by atoms with Crippen molar-refractivity contribution in [1.29, 1.82) is 0 Å². The molecule has 11 aromatic carbocycles. The first-order valence-corrected chi connectivity index (χ1v) is 21.6. The van der Waals surface area contributed by atoms with E-state index in [-0.39, 0.29) is 0 Å². The van der Waals surface area contributed by atoms with E-state index in [1.54, 1.807) is 0 Å². The fraction of sp³-hybridized carbons (Fsp3) is 0.0164. The summed E-state index contributed by atoms with van der Waals surface area (Å²) in [5.74, 6) is 0. The maximum Gasteiger partial charge on any atom is 0.0726 e. The molecular weight excluding hydrogens is 747 g/mol. The summed E-state index contributed by atoms with van der Waals surface area (Å²) >= 11 is 0. The minimum Gasteiger partial charge on any atom is -0.310 e. The Morgan fingerprint density at radius 2 is 0.597 bits per heavy atom. The Labute approximate surface area is 361 Å². The minimum absolute atomic E-state index is 0.423. The number of benzene rings is 11. The average Bonchev–Trinajstić information content (AvgIpc) is 3.82. The molecule has 0 saturated carbocycles. The zero-order chi connectivity index (χ0) is 40.8. The van der Waals surface area contributed by atoms with Crippen LogP contribution in [0.25, 0.3) is 76.8 Å². The van der Waals surface area contributed by atoms with Gasteiger partial charge in [-0.25, -0.2) is 0 Å². The third kappa shape index (κ3) is 4.97. The third-order valence-corrected chi connectivity index (χ3v) is 13.7. The molecule has 62 heavy (non-hydrogen) atoms. The zero-order valence-corrected chi connectivity index (χ0v) is 34.0. The van der Waals surface area contributed by atoms with E-state index in [4.69, 9.17) is 0 Å². The molecule has 1 spiro atoms. The van der Waals surface area contributed by atoms with E-state index in [0.717, 1.165) is 17.1 Å². The summed E-state index contributed by atoms with van der Waals surface area (Å²) in [4.78, 5) is 2.43. The highest BCUT2D eigenvalue weighted by Gasteiger charge is 2.51. The molecule has 0 bridgehead atoms. The lowest BCUT2D eigenvalue weighted by Gasteiger charge is -2.32. The fourth-order valence-electron chi connectivity index (χ4n) is 11.0. The van der Waals surface area contributed by atoms with Crippen molar-refractivity contribution < 1.29 is 0 Å². The number of nitrogens with zero attached hydrogens (tertiary/aromatic N) is 1.